The van der Waals surface area contributed by atoms with E-state index in [4.69, 9.17) is 11.6 Å². The van der Waals surface area contributed by atoms with Crippen LogP contribution in [-0.2, 0) is 6.42 Å². The van der Waals surface area contributed by atoms with Crippen LogP contribution in [-0.4, -0.2) is 41.6 Å². The second-order valence-electron chi connectivity index (χ2n) is 7.74. The van der Waals surface area contributed by atoms with Crippen LogP contribution in [0.15, 0.2) is 54.2 Å². The first-order valence-corrected chi connectivity index (χ1v) is 10.6. The van der Waals surface area contributed by atoms with Gasteiger partial charge in [-0.2, -0.15) is 0 Å². The Kier molecular flexibility index (Phi) is 8.20. The Morgan fingerprint density at radius 2 is 1.79 bits per heavy atom. The first kappa shape index (κ1) is 22.6. The fourth-order valence-corrected chi connectivity index (χ4v) is 3.78. The molecule has 1 fully saturated rings. The number of aryl methyl sites for hydroxylation is 2. The second-order valence-corrected chi connectivity index (χ2v) is 7.74. The van der Waals surface area contributed by atoms with Gasteiger partial charge in [-0.1, -0.05) is 69.4 Å². The number of hydrogen-bond acceptors (Lipinski definition) is 4. The largest absolute Gasteiger partial charge is 0.319 e. The number of piperazine rings is 1. The zero-order valence-electron chi connectivity index (χ0n) is 18.3. The van der Waals surface area contributed by atoms with Crippen LogP contribution in [0.3, 0.4) is 0 Å². The van der Waals surface area contributed by atoms with Gasteiger partial charge in [-0.15, -0.1) is 0 Å². The Hall–Kier alpha value is -1.72. The Bertz CT molecular complexity index is 722. The molecule has 1 saturated heterocycles. The fourth-order valence-electron chi connectivity index (χ4n) is 3.78. The van der Waals surface area contributed by atoms with Crippen molar-refractivity contribution in [1.29, 1.82) is 0 Å². The van der Waals surface area contributed by atoms with E-state index in [-0.39, 0.29) is 6.04 Å². The highest BCUT2D eigenvalue weighted by atomic mass is 15.4. The predicted octanol–water partition coefficient (Wildman–Crippen LogP) is 3.89. The minimum Gasteiger partial charge on any atom is -0.319 e. The molecule has 0 aromatic heterocycles. The zero-order chi connectivity index (χ0) is 20.7. The quantitative estimate of drug-likeness (QED) is 0.776. The number of rotatable bonds is 4. The lowest BCUT2D eigenvalue weighted by Crippen LogP contribution is -2.50. The van der Waals surface area contributed by atoms with Crippen molar-refractivity contribution in [3.63, 3.8) is 0 Å². The molecule has 0 spiro atoms. The normalized spacial score (nSPS) is 24.2. The van der Waals surface area contributed by atoms with Gasteiger partial charge in [0.15, 0.2) is 0 Å². The molecule has 0 saturated carbocycles. The van der Waals surface area contributed by atoms with E-state index in [0.717, 1.165) is 32.6 Å². The third-order valence-electron chi connectivity index (χ3n) is 5.45. The van der Waals surface area contributed by atoms with Crippen molar-refractivity contribution in [2.24, 2.45) is 11.6 Å². The molecule has 0 bridgehead atoms. The molecule has 154 valence electrons. The van der Waals surface area contributed by atoms with Gasteiger partial charge in [-0.3, -0.25) is 10.7 Å². The van der Waals surface area contributed by atoms with Crippen LogP contribution in [0.2, 0.25) is 0 Å². The van der Waals surface area contributed by atoms with Crippen LogP contribution in [0.5, 0.6) is 0 Å². The summed E-state index contributed by atoms with van der Waals surface area (Å²) in [5.74, 6) is 5.99. The smallest absolute Gasteiger partial charge is 0.0605 e. The summed E-state index contributed by atoms with van der Waals surface area (Å²) in [6.07, 6.45) is 11.7. The highest BCUT2D eigenvalue weighted by Gasteiger charge is 2.28. The van der Waals surface area contributed by atoms with E-state index in [1.54, 1.807) is 0 Å². The summed E-state index contributed by atoms with van der Waals surface area (Å²) < 4.78 is 0. The summed E-state index contributed by atoms with van der Waals surface area (Å²) in [5, 5.41) is 1.91. The van der Waals surface area contributed by atoms with Gasteiger partial charge in [0, 0.05) is 26.2 Å². The molecule has 3 rings (SSSR count). The maximum atomic E-state index is 6.30. The minimum atomic E-state index is -0.403. The van der Waals surface area contributed by atoms with E-state index in [1.807, 2.05) is 25.8 Å². The van der Waals surface area contributed by atoms with Crippen molar-refractivity contribution in [3.05, 3.63) is 70.8 Å². The molecule has 4 N–H and O–H groups in total. The molecule has 0 amide bonds. The number of nitrogens with zero attached hydrogens (tertiary/aromatic N) is 2. The van der Waals surface area contributed by atoms with Crippen LogP contribution in [0.4, 0.5) is 0 Å². The van der Waals surface area contributed by atoms with E-state index in [0.29, 0.717) is 0 Å². The lowest BCUT2D eigenvalue weighted by molar-refractivity contribution is 0.110. The molecular formula is C24H38N4. The summed E-state index contributed by atoms with van der Waals surface area (Å²) in [6, 6.07) is 7.12. The number of benzene rings is 1. The average molecular weight is 383 g/mol. The van der Waals surface area contributed by atoms with Crippen LogP contribution >= 0.6 is 0 Å². The van der Waals surface area contributed by atoms with Crippen molar-refractivity contribution in [2.75, 3.05) is 26.2 Å². The number of nitrogens with two attached hydrogens (primary N) is 2. The predicted molar refractivity (Wildman–Crippen MR) is 121 cm³/mol. The molecular weight excluding hydrogens is 344 g/mol. The first-order valence-electron chi connectivity index (χ1n) is 10.6. The molecule has 0 radical (unpaired) electrons. The molecule has 2 unspecified atom stereocenters. The van der Waals surface area contributed by atoms with Gasteiger partial charge in [-0.05, 0) is 42.5 Å². The van der Waals surface area contributed by atoms with E-state index < -0.39 is 5.54 Å². The Labute approximate surface area is 171 Å². The summed E-state index contributed by atoms with van der Waals surface area (Å²) in [6.45, 7) is 14.2. The van der Waals surface area contributed by atoms with E-state index in [9.17, 15) is 0 Å². The lowest BCUT2D eigenvalue weighted by atomic mass is 9.90. The number of allylic oxidation sites excluding steroid dienone is 2. The molecule has 1 aliphatic carbocycles. The van der Waals surface area contributed by atoms with Gasteiger partial charge in [0.1, 0.15) is 0 Å². The van der Waals surface area contributed by atoms with Crippen LogP contribution < -0.4 is 11.6 Å². The van der Waals surface area contributed by atoms with Crippen LogP contribution in [0.25, 0.3) is 0 Å². The van der Waals surface area contributed by atoms with E-state index in [1.165, 1.54) is 22.3 Å². The molecule has 28 heavy (non-hydrogen) atoms. The molecule has 4 heteroatoms. The van der Waals surface area contributed by atoms with Crippen LogP contribution in [0.1, 0.15) is 50.4 Å². The topological polar surface area (TPSA) is 58.5 Å². The third kappa shape index (κ3) is 5.65. The molecule has 4 nitrogen and oxygen atoms in total. The van der Waals surface area contributed by atoms with Gasteiger partial charge < -0.3 is 5.73 Å². The van der Waals surface area contributed by atoms with Crippen molar-refractivity contribution < 1.29 is 0 Å². The van der Waals surface area contributed by atoms with E-state index >= 15 is 0 Å². The summed E-state index contributed by atoms with van der Waals surface area (Å²) in [5.41, 5.74) is 11.3. The van der Waals surface area contributed by atoms with Crippen molar-refractivity contribution >= 4 is 0 Å². The van der Waals surface area contributed by atoms with Crippen molar-refractivity contribution in [2.45, 2.75) is 52.6 Å². The Morgan fingerprint density at radius 3 is 2.39 bits per heavy atom. The zero-order valence-corrected chi connectivity index (χ0v) is 18.3. The van der Waals surface area contributed by atoms with Gasteiger partial charge in [0.25, 0.3) is 0 Å². The SMILES string of the molecule is CC.CCc1ccc(C(C2=CC=CC(C)(N)C=C2)N2CCN(N)CC2)c(C)c1. The summed E-state index contributed by atoms with van der Waals surface area (Å²) >= 11 is 0. The van der Waals surface area contributed by atoms with Gasteiger partial charge >= 0.3 is 0 Å². The molecule has 1 aromatic carbocycles. The minimum absolute atomic E-state index is 0.226. The first-order chi connectivity index (χ1) is 13.4. The van der Waals surface area contributed by atoms with Gasteiger partial charge in [0.05, 0.1) is 11.6 Å². The average Bonchev–Trinajstić information content (AvgIpc) is 2.87. The molecule has 1 aliphatic heterocycles. The summed E-state index contributed by atoms with van der Waals surface area (Å²) in [4.78, 5) is 2.54. The van der Waals surface area contributed by atoms with Gasteiger partial charge in [-0.25, -0.2) is 5.01 Å². The van der Waals surface area contributed by atoms with Gasteiger partial charge in [0.2, 0.25) is 0 Å². The molecule has 2 atom stereocenters. The number of hydrazine groups is 1. The monoisotopic (exact) mass is 382 g/mol. The Morgan fingerprint density at radius 1 is 1.11 bits per heavy atom. The number of hydrogen-bond donors (Lipinski definition) is 2. The molecule has 1 heterocycles. The lowest BCUT2D eigenvalue weighted by Gasteiger charge is -2.39. The summed E-state index contributed by atoms with van der Waals surface area (Å²) in [7, 11) is 0. The highest BCUT2D eigenvalue weighted by molar-refractivity contribution is 5.44. The van der Waals surface area contributed by atoms with Crippen LogP contribution in [0, 0.1) is 6.92 Å². The standard InChI is InChI=1S/C22H32N4.C2H6/c1-4-18-7-8-20(17(2)16-18)21(25-12-14-26(24)15-13-25)19-6-5-10-22(3,23)11-9-19;1-2/h5-11,16,21H,4,12-15,23-24H2,1-3H3;1-2H3. The Balaban J connectivity index is 0.00000136. The fraction of sp³-hybridized carbons (Fsp3) is 0.500. The second kappa shape index (κ2) is 10.2. The maximum absolute atomic E-state index is 6.30. The maximum Gasteiger partial charge on any atom is 0.0605 e. The van der Waals surface area contributed by atoms with E-state index in [2.05, 4.69) is 67.3 Å². The highest BCUT2D eigenvalue weighted by Crippen LogP contribution is 2.34. The third-order valence-corrected chi connectivity index (χ3v) is 5.45. The van der Waals surface area contributed by atoms with Crippen molar-refractivity contribution in [3.8, 4) is 0 Å². The molecule has 1 aromatic rings. The van der Waals surface area contributed by atoms with Crippen molar-refractivity contribution in [1.82, 2.24) is 9.91 Å². The molecule has 2 aliphatic rings.